The largest absolute Gasteiger partial charge is 0.345 e. The van der Waals surface area contributed by atoms with E-state index < -0.39 is 0 Å². The van der Waals surface area contributed by atoms with Gasteiger partial charge in [-0.3, -0.25) is 0 Å². The van der Waals surface area contributed by atoms with Gasteiger partial charge in [0.05, 0.1) is 11.4 Å². The lowest BCUT2D eigenvalue weighted by molar-refractivity contribution is 0.351. The summed E-state index contributed by atoms with van der Waals surface area (Å²) in [7, 11) is 2.25. The number of rotatable bonds is 16. The first-order chi connectivity index (χ1) is 27.0. The van der Waals surface area contributed by atoms with Crippen LogP contribution in [0.1, 0.15) is 99.8 Å². The Hall–Kier alpha value is -4.70. The molecular formula is C52H66N4. The minimum atomic E-state index is 0.601. The maximum Gasteiger partial charge on any atom is 0.207 e. The van der Waals surface area contributed by atoms with Crippen LogP contribution in [0.2, 0.25) is 0 Å². The maximum atomic E-state index is 5.67. The van der Waals surface area contributed by atoms with Gasteiger partial charge in [0.25, 0.3) is 0 Å². The lowest BCUT2D eigenvalue weighted by Gasteiger charge is -2.33. The molecule has 0 spiro atoms. The number of hydrogen-bond acceptors (Lipinski definition) is 2. The Morgan fingerprint density at radius 2 is 0.911 bits per heavy atom. The molecule has 0 unspecified atom stereocenters. The molecule has 0 N–H and O–H groups in total. The Bertz CT molecular complexity index is 2260. The Morgan fingerprint density at radius 1 is 0.482 bits per heavy atom. The second-order valence-corrected chi connectivity index (χ2v) is 17.5. The summed E-state index contributed by atoms with van der Waals surface area (Å²) in [6.07, 6.45) is 9.85. The molecule has 6 aromatic carbocycles. The van der Waals surface area contributed by atoms with Crippen LogP contribution in [0.5, 0.6) is 0 Å². The van der Waals surface area contributed by atoms with Crippen LogP contribution in [-0.2, 0) is 0 Å². The molecule has 0 saturated heterocycles. The molecule has 4 heteroatoms. The van der Waals surface area contributed by atoms with E-state index in [0.717, 1.165) is 60.9 Å². The first-order valence-electron chi connectivity index (χ1n) is 21.5. The zero-order valence-corrected chi connectivity index (χ0v) is 35.6. The summed E-state index contributed by atoms with van der Waals surface area (Å²) >= 11 is 0. The molecule has 4 nitrogen and oxygen atoms in total. The van der Waals surface area contributed by atoms with Gasteiger partial charge in [-0.2, -0.15) is 0 Å². The topological polar surface area (TPSA) is 31.2 Å². The molecule has 0 amide bonds. The van der Waals surface area contributed by atoms with Gasteiger partial charge in [-0.15, -0.1) is 0 Å². The highest BCUT2D eigenvalue weighted by Crippen LogP contribution is 2.33. The van der Waals surface area contributed by atoms with Crippen LogP contribution in [0.3, 0.4) is 0 Å². The van der Waals surface area contributed by atoms with E-state index in [1.165, 1.54) is 81.6 Å². The summed E-state index contributed by atoms with van der Waals surface area (Å²) < 4.78 is 0. The molecule has 6 rings (SSSR count). The number of hydrogen-bond donors (Lipinski definition) is 0. The van der Waals surface area contributed by atoms with Crippen LogP contribution >= 0.6 is 0 Å². The van der Waals surface area contributed by atoms with Gasteiger partial charge in [0.1, 0.15) is 5.84 Å². The third kappa shape index (κ3) is 10.8. The highest BCUT2D eigenvalue weighted by Gasteiger charge is 2.22. The van der Waals surface area contributed by atoms with Crippen molar-refractivity contribution in [2.75, 3.05) is 20.1 Å². The van der Waals surface area contributed by atoms with Gasteiger partial charge in [0, 0.05) is 30.9 Å². The van der Waals surface area contributed by atoms with E-state index in [9.17, 15) is 0 Å². The van der Waals surface area contributed by atoms with E-state index >= 15 is 0 Å². The molecule has 0 radical (unpaired) electrons. The first kappa shape index (κ1) is 40.9. The summed E-state index contributed by atoms with van der Waals surface area (Å²) in [5.74, 6) is 4.69. The monoisotopic (exact) mass is 747 g/mol. The van der Waals surface area contributed by atoms with Crippen molar-refractivity contribution >= 4 is 66.3 Å². The number of amidine groups is 1. The molecular weight excluding hydrogens is 681 g/mol. The molecule has 0 heterocycles. The predicted molar refractivity (Wildman–Crippen MR) is 247 cm³/mol. The Balaban J connectivity index is 1.43. The summed E-state index contributed by atoms with van der Waals surface area (Å²) in [6, 6.07) is 39.6. The van der Waals surface area contributed by atoms with Gasteiger partial charge in [-0.1, -0.05) is 153 Å². The standard InChI is InChI=1S/C52H66N4/c1-37(2)17-13-19-39(5)29-31-55(8)52(54-51-28-16-26-47-34-43-22-10-12-24-45(43)36-49(47)51)56(32-30-40(6)20-14-18-38(3)4)41(7)53-50-27-15-25-46-33-42-21-9-11-23-44(42)35-48(46)50/h9-12,15-16,21-28,33-40H,13-14,17-20,29-32H2,1-8H3/b53-41+,54-52-/t39-,40-/m1/s1. The summed E-state index contributed by atoms with van der Waals surface area (Å²) in [5.41, 5.74) is 2.00. The molecule has 6 aromatic rings. The van der Waals surface area contributed by atoms with Crippen LogP contribution in [-0.4, -0.2) is 41.7 Å². The van der Waals surface area contributed by atoms with E-state index in [4.69, 9.17) is 9.98 Å². The van der Waals surface area contributed by atoms with E-state index in [0.29, 0.717) is 11.8 Å². The normalized spacial score (nSPS) is 13.8. The third-order valence-electron chi connectivity index (χ3n) is 11.7. The van der Waals surface area contributed by atoms with Crippen molar-refractivity contribution in [1.29, 1.82) is 0 Å². The van der Waals surface area contributed by atoms with Crippen LogP contribution < -0.4 is 0 Å². The molecule has 2 atom stereocenters. The van der Waals surface area contributed by atoms with E-state index in [-0.39, 0.29) is 0 Å². The van der Waals surface area contributed by atoms with Crippen molar-refractivity contribution in [2.45, 2.75) is 99.8 Å². The average Bonchev–Trinajstić information content (AvgIpc) is 3.18. The quantitative estimate of drug-likeness (QED) is 0.0561. The van der Waals surface area contributed by atoms with Crippen LogP contribution in [0.4, 0.5) is 11.4 Å². The highest BCUT2D eigenvalue weighted by atomic mass is 15.4. The zero-order valence-electron chi connectivity index (χ0n) is 35.6. The van der Waals surface area contributed by atoms with Crippen molar-refractivity contribution in [3.8, 4) is 0 Å². The second kappa shape index (κ2) is 19.4. The van der Waals surface area contributed by atoms with Gasteiger partial charge in [-0.25, -0.2) is 9.98 Å². The van der Waals surface area contributed by atoms with Crippen molar-refractivity contribution in [3.05, 3.63) is 109 Å². The zero-order chi connectivity index (χ0) is 39.6. The molecule has 56 heavy (non-hydrogen) atoms. The fourth-order valence-electron chi connectivity index (χ4n) is 8.10. The highest BCUT2D eigenvalue weighted by molar-refractivity contribution is 6.08. The van der Waals surface area contributed by atoms with Crippen LogP contribution in [0.25, 0.3) is 43.1 Å². The number of aliphatic imine (C=N–C) groups is 2. The molecule has 0 aromatic heterocycles. The lowest BCUT2D eigenvalue weighted by Crippen LogP contribution is -2.46. The SMILES string of the molecule is C/C(=N\c1cccc2cc3ccccc3cc12)N(CC[C@H](C)CCCC(C)C)/C(=N\c1cccc2cc3ccccc3cc12)N(C)CC[C@H](C)CCCC(C)C. The number of fused-ring (bicyclic) bond motifs is 4. The van der Waals surface area contributed by atoms with Gasteiger partial charge in [0.15, 0.2) is 0 Å². The fraction of sp³-hybridized carbons (Fsp3) is 0.423. The van der Waals surface area contributed by atoms with Crippen molar-refractivity contribution < 1.29 is 0 Å². The number of guanidine groups is 1. The van der Waals surface area contributed by atoms with Crippen molar-refractivity contribution in [2.24, 2.45) is 33.7 Å². The molecule has 0 fully saturated rings. The van der Waals surface area contributed by atoms with Crippen LogP contribution in [0, 0.1) is 23.7 Å². The molecule has 0 bridgehead atoms. The van der Waals surface area contributed by atoms with Crippen molar-refractivity contribution in [1.82, 2.24) is 9.80 Å². The lowest BCUT2D eigenvalue weighted by atomic mass is 9.97. The van der Waals surface area contributed by atoms with E-state index in [1.54, 1.807) is 0 Å². The van der Waals surface area contributed by atoms with Crippen LogP contribution in [0.15, 0.2) is 119 Å². The molecule has 0 saturated carbocycles. The second-order valence-electron chi connectivity index (χ2n) is 17.5. The fourth-order valence-corrected chi connectivity index (χ4v) is 8.10. The predicted octanol–water partition coefficient (Wildman–Crippen LogP) is 15.0. The molecule has 0 aliphatic carbocycles. The van der Waals surface area contributed by atoms with Gasteiger partial charge < -0.3 is 9.80 Å². The van der Waals surface area contributed by atoms with E-state index in [2.05, 4.69) is 175 Å². The summed E-state index contributed by atoms with van der Waals surface area (Å²) in [4.78, 5) is 16.0. The molecule has 0 aliphatic heterocycles. The first-order valence-corrected chi connectivity index (χ1v) is 21.5. The Kier molecular flexibility index (Phi) is 14.2. The smallest absolute Gasteiger partial charge is 0.207 e. The Labute approximate surface area is 337 Å². The minimum Gasteiger partial charge on any atom is -0.345 e. The Morgan fingerprint density at radius 3 is 1.39 bits per heavy atom. The van der Waals surface area contributed by atoms with Crippen molar-refractivity contribution in [3.63, 3.8) is 0 Å². The molecule has 294 valence electrons. The third-order valence-corrected chi connectivity index (χ3v) is 11.7. The molecule has 0 aliphatic rings. The minimum absolute atomic E-state index is 0.601. The van der Waals surface area contributed by atoms with Gasteiger partial charge >= 0.3 is 0 Å². The number of nitrogens with zero attached hydrogens (tertiary/aromatic N) is 4. The summed E-state index contributed by atoms with van der Waals surface area (Å²) in [6.45, 7) is 18.2. The van der Waals surface area contributed by atoms with E-state index in [1.807, 2.05) is 0 Å². The number of benzene rings is 6. The van der Waals surface area contributed by atoms with Gasteiger partial charge in [0.2, 0.25) is 5.96 Å². The van der Waals surface area contributed by atoms with Gasteiger partial charge in [-0.05, 0) is 112 Å². The average molecular weight is 747 g/mol. The maximum absolute atomic E-state index is 5.67. The summed E-state index contributed by atoms with van der Waals surface area (Å²) in [5, 5.41) is 9.76.